The van der Waals surface area contributed by atoms with Gasteiger partial charge in [0.15, 0.2) is 0 Å². The predicted molar refractivity (Wildman–Crippen MR) is 88.5 cm³/mol. The van der Waals surface area contributed by atoms with Crippen LogP contribution in [0.4, 0.5) is 24.5 Å². The molecule has 0 aliphatic carbocycles. The predicted octanol–water partition coefficient (Wildman–Crippen LogP) is 4.04. The molecule has 0 saturated heterocycles. The average molecular weight is 356 g/mol. The molecule has 0 fully saturated rings. The van der Waals surface area contributed by atoms with E-state index in [4.69, 9.17) is 10.5 Å². The third-order valence-electron chi connectivity index (χ3n) is 3.23. The molecular formula is C18H11F3N4O. The minimum Gasteiger partial charge on any atom is -0.360 e. The zero-order chi connectivity index (χ0) is 19.2. The number of carbonyl (C=O) groups is 1. The van der Waals surface area contributed by atoms with Gasteiger partial charge in [0.25, 0.3) is 5.91 Å². The number of hydrogen-bond donors (Lipinski definition) is 2. The molecule has 0 radical (unpaired) electrons. The van der Waals surface area contributed by atoms with Gasteiger partial charge < -0.3 is 10.6 Å². The van der Waals surface area contributed by atoms with E-state index in [2.05, 4.69) is 10.6 Å². The van der Waals surface area contributed by atoms with Gasteiger partial charge in [0.05, 0.1) is 16.8 Å². The molecule has 0 atom stereocenters. The summed E-state index contributed by atoms with van der Waals surface area (Å²) >= 11 is 0. The van der Waals surface area contributed by atoms with Crippen molar-refractivity contribution in [1.29, 1.82) is 10.5 Å². The van der Waals surface area contributed by atoms with E-state index in [0.717, 1.165) is 18.3 Å². The molecule has 2 aromatic rings. The maximum Gasteiger partial charge on any atom is 0.416 e. The summed E-state index contributed by atoms with van der Waals surface area (Å²) in [5, 5.41) is 23.0. The van der Waals surface area contributed by atoms with Gasteiger partial charge in [0.2, 0.25) is 0 Å². The fourth-order valence-electron chi connectivity index (χ4n) is 1.97. The van der Waals surface area contributed by atoms with Gasteiger partial charge in [-0.05, 0) is 30.3 Å². The zero-order valence-electron chi connectivity index (χ0n) is 13.1. The van der Waals surface area contributed by atoms with Gasteiger partial charge in [-0.2, -0.15) is 23.7 Å². The molecule has 0 aliphatic rings. The lowest BCUT2D eigenvalue weighted by Crippen LogP contribution is -2.15. The van der Waals surface area contributed by atoms with Gasteiger partial charge in [-0.1, -0.05) is 18.2 Å². The molecule has 2 aromatic carbocycles. The summed E-state index contributed by atoms with van der Waals surface area (Å²) in [5.41, 5.74) is -0.723. The normalized spacial score (nSPS) is 11.2. The molecule has 130 valence electrons. The standard InChI is InChI=1S/C18H11F3N4O/c19-18(20,21)14-5-3-6-15(8-14)24-11-13(10-23)17(26)25-16-7-2-1-4-12(16)9-22/h1-8,11,24H,(H,25,26)/b13-11-. The van der Waals surface area contributed by atoms with Crippen LogP contribution in [0.3, 0.4) is 0 Å². The van der Waals surface area contributed by atoms with E-state index in [-0.39, 0.29) is 22.5 Å². The molecule has 8 heteroatoms. The van der Waals surface area contributed by atoms with E-state index in [1.54, 1.807) is 18.2 Å². The molecule has 2 N–H and O–H groups in total. The van der Waals surface area contributed by atoms with Gasteiger partial charge in [-0.25, -0.2) is 0 Å². The van der Waals surface area contributed by atoms with Crippen LogP contribution in [0.25, 0.3) is 0 Å². The van der Waals surface area contributed by atoms with Crippen molar-refractivity contribution >= 4 is 17.3 Å². The van der Waals surface area contributed by atoms with Gasteiger partial charge in [-0.3, -0.25) is 4.79 Å². The van der Waals surface area contributed by atoms with Crippen molar-refractivity contribution in [2.75, 3.05) is 10.6 Å². The first-order valence-electron chi connectivity index (χ1n) is 7.19. The summed E-state index contributed by atoms with van der Waals surface area (Å²) in [6.07, 6.45) is -3.50. The number of amides is 1. The largest absolute Gasteiger partial charge is 0.416 e. The molecule has 0 aromatic heterocycles. The number of alkyl halides is 3. The van der Waals surface area contributed by atoms with Crippen LogP contribution >= 0.6 is 0 Å². The van der Waals surface area contributed by atoms with Crippen molar-refractivity contribution in [1.82, 2.24) is 0 Å². The molecule has 0 saturated carbocycles. The number of para-hydroxylation sites is 1. The molecule has 0 aliphatic heterocycles. The SMILES string of the molecule is N#C/C(=C/Nc1cccc(C(F)(F)F)c1)C(=O)Nc1ccccc1C#N. The van der Waals surface area contributed by atoms with Crippen LogP contribution in [-0.2, 0) is 11.0 Å². The molecule has 5 nitrogen and oxygen atoms in total. The van der Waals surface area contributed by atoms with Crippen LogP contribution in [0.2, 0.25) is 0 Å². The molecule has 1 amide bonds. The topological polar surface area (TPSA) is 88.7 Å². The van der Waals surface area contributed by atoms with Crippen molar-refractivity contribution in [3.05, 3.63) is 71.4 Å². The zero-order valence-corrected chi connectivity index (χ0v) is 13.1. The Balaban J connectivity index is 2.17. The number of halogens is 3. The first kappa shape index (κ1) is 18.6. The number of anilines is 2. The third-order valence-corrected chi connectivity index (χ3v) is 3.23. The first-order valence-corrected chi connectivity index (χ1v) is 7.19. The van der Waals surface area contributed by atoms with E-state index in [9.17, 15) is 18.0 Å². The fraction of sp³-hybridized carbons (Fsp3) is 0.0556. The van der Waals surface area contributed by atoms with E-state index in [0.29, 0.717) is 0 Å². The fourth-order valence-corrected chi connectivity index (χ4v) is 1.97. The Labute approximate surface area is 147 Å². The highest BCUT2D eigenvalue weighted by molar-refractivity contribution is 6.07. The number of benzene rings is 2. The minimum atomic E-state index is -4.50. The Hall–Kier alpha value is -3.78. The van der Waals surface area contributed by atoms with Crippen molar-refractivity contribution in [3.63, 3.8) is 0 Å². The quantitative estimate of drug-likeness (QED) is 0.639. The van der Waals surface area contributed by atoms with E-state index < -0.39 is 17.6 Å². The second-order valence-electron chi connectivity index (χ2n) is 5.00. The lowest BCUT2D eigenvalue weighted by Gasteiger charge is -2.09. The average Bonchev–Trinajstić information content (AvgIpc) is 2.62. The summed E-state index contributed by atoms with van der Waals surface area (Å²) in [5.74, 6) is -0.797. The highest BCUT2D eigenvalue weighted by Gasteiger charge is 2.30. The van der Waals surface area contributed by atoms with Crippen LogP contribution < -0.4 is 10.6 Å². The number of hydrogen-bond acceptors (Lipinski definition) is 4. The number of rotatable bonds is 4. The van der Waals surface area contributed by atoms with Gasteiger partial charge in [0.1, 0.15) is 17.7 Å². The van der Waals surface area contributed by atoms with Gasteiger partial charge in [-0.15, -0.1) is 0 Å². The molecule has 26 heavy (non-hydrogen) atoms. The highest BCUT2D eigenvalue weighted by Crippen LogP contribution is 2.30. The summed E-state index contributed by atoms with van der Waals surface area (Å²) in [4.78, 5) is 12.1. The van der Waals surface area contributed by atoms with Crippen LogP contribution in [-0.4, -0.2) is 5.91 Å². The summed E-state index contributed by atoms with van der Waals surface area (Å²) in [6.45, 7) is 0. The maximum atomic E-state index is 12.7. The lowest BCUT2D eigenvalue weighted by molar-refractivity contribution is -0.137. The highest BCUT2D eigenvalue weighted by atomic mass is 19.4. The smallest absolute Gasteiger partial charge is 0.360 e. The van der Waals surface area contributed by atoms with Crippen molar-refractivity contribution in [3.8, 4) is 12.1 Å². The molecular weight excluding hydrogens is 345 g/mol. The van der Waals surface area contributed by atoms with Crippen LogP contribution in [0, 0.1) is 22.7 Å². The summed E-state index contributed by atoms with van der Waals surface area (Å²) in [6, 6.07) is 14.1. The van der Waals surface area contributed by atoms with Gasteiger partial charge >= 0.3 is 6.18 Å². The third kappa shape index (κ3) is 4.62. The van der Waals surface area contributed by atoms with Crippen LogP contribution in [0.1, 0.15) is 11.1 Å². The number of carbonyl (C=O) groups excluding carboxylic acids is 1. The Kier molecular flexibility index (Phi) is 5.61. The molecule has 0 spiro atoms. The molecule has 2 rings (SSSR count). The number of nitrogens with one attached hydrogen (secondary N) is 2. The number of nitriles is 2. The Morgan fingerprint density at radius 1 is 1.08 bits per heavy atom. The lowest BCUT2D eigenvalue weighted by atomic mass is 10.2. The van der Waals surface area contributed by atoms with Gasteiger partial charge in [0, 0.05) is 11.9 Å². The molecule has 0 heterocycles. The molecule has 0 unspecified atom stereocenters. The van der Waals surface area contributed by atoms with Crippen molar-refractivity contribution in [2.45, 2.75) is 6.18 Å². The minimum absolute atomic E-state index is 0.0674. The maximum absolute atomic E-state index is 12.7. The Morgan fingerprint density at radius 3 is 2.46 bits per heavy atom. The Bertz CT molecular complexity index is 936. The first-order chi connectivity index (χ1) is 12.3. The number of nitrogens with zero attached hydrogens (tertiary/aromatic N) is 2. The van der Waals surface area contributed by atoms with Crippen LogP contribution in [0.5, 0.6) is 0 Å². The van der Waals surface area contributed by atoms with Crippen molar-refractivity contribution < 1.29 is 18.0 Å². The summed E-state index contributed by atoms with van der Waals surface area (Å²) < 4.78 is 38.1. The van der Waals surface area contributed by atoms with E-state index >= 15 is 0 Å². The van der Waals surface area contributed by atoms with Crippen LogP contribution in [0.15, 0.2) is 60.3 Å². The van der Waals surface area contributed by atoms with Crippen molar-refractivity contribution in [2.24, 2.45) is 0 Å². The second kappa shape index (κ2) is 7.86. The molecule has 0 bridgehead atoms. The monoisotopic (exact) mass is 356 g/mol. The van der Waals surface area contributed by atoms with E-state index in [1.165, 1.54) is 24.3 Å². The summed E-state index contributed by atoms with van der Waals surface area (Å²) in [7, 11) is 0. The Morgan fingerprint density at radius 2 is 1.81 bits per heavy atom. The van der Waals surface area contributed by atoms with E-state index in [1.807, 2.05) is 6.07 Å². The second-order valence-corrected chi connectivity index (χ2v) is 5.00.